The van der Waals surface area contributed by atoms with Crippen LogP contribution in [0.4, 0.5) is 0 Å². The molecular weight excluding hydrogens is 256 g/mol. The highest BCUT2D eigenvalue weighted by atomic mass is 32.1. The lowest BCUT2D eigenvalue weighted by atomic mass is 9.98. The highest BCUT2D eigenvalue weighted by molar-refractivity contribution is 7.12. The largest absolute Gasteiger partial charge is 0.377 e. The van der Waals surface area contributed by atoms with E-state index < -0.39 is 0 Å². The maximum Gasteiger partial charge on any atom is 0.0985 e. The second-order valence-corrected chi connectivity index (χ2v) is 7.51. The van der Waals surface area contributed by atoms with E-state index in [1.165, 1.54) is 28.4 Å². The lowest BCUT2D eigenvalue weighted by Gasteiger charge is -2.16. The number of nitrogens with one attached hydrogen (secondary N) is 1. The first-order valence-electron chi connectivity index (χ1n) is 7.20. The van der Waals surface area contributed by atoms with Crippen molar-refractivity contribution in [2.75, 3.05) is 13.2 Å². The summed E-state index contributed by atoms with van der Waals surface area (Å²) in [4.78, 5) is 6.09. The molecule has 0 aromatic carbocycles. The van der Waals surface area contributed by atoms with E-state index in [1.54, 1.807) is 0 Å². The number of rotatable bonds is 4. The van der Waals surface area contributed by atoms with E-state index in [9.17, 15) is 0 Å². The molecule has 1 saturated heterocycles. The van der Waals surface area contributed by atoms with Crippen molar-refractivity contribution in [3.63, 3.8) is 0 Å². The molecule has 2 unspecified atom stereocenters. The number of aryl methyl sites for hydroxylation is 1. The van der Waals surface area contributed by atoms with Gasteiger partial charge in [-0.25, -0.2) is 4.98 Å². The van der Waals surface area contributed by atoms with Crippen LogP contribution in [0.3, 0.4) is 0 Å². The van der Waals surface area contributed by atoms with Gasteiger partial charge in [0.2, 0.25) is 0 Å². The van der Waals surface area contributed by atoms with Gasteiger partial charge in [-0.05, 0) is 26.7 Å². The van der Waals surface area contributed by atoms with Gasteiger partial charge in [-0.15, -0.1) is 11.3 Å². The monoisotopic (exact) mass is 282 g/mol. The molecule has 0 saturated carbocycles. The topological polar surface area (TPSA) is 34.2 Å². The fourth-order valence-corrected chi connectivity index (χ4v) is 3.49. The second kappa shape index (κ2) is 5.90. The Morgan fingerprint density at radius 1 is 1.47 bits per heavy atom. The van der Waals surface area contributed by atoms with Gasteiger partial charge in [-0.1, -0.05) is 20.8 Å². The molecule has 2 rings (SSSR count). The van der Waals surface area contributed by atoms with Crippen LogP contribution in [0, 0.1) is 6.92 Å². The molecule has 108 valence electrons. The summed E-state index contributed by atoms with van der Waals surface area (Å²) in [5.41, 5.74) is 1.31. The minimum absolute atomic E-state index is 0.141. The van der Waals surface area contributed by atoms with E-state index in [1.807, 2.05) is 11.3 Å². The van der Waals surface area contributed by atoms with Gasteiger partial charge in [-0.2, -0.15) is 0 Å². The Morgan fingerprint density at radius 3 is 2.74 bits per heavy atom. The number of hydrogen-bond donors (Lipinski definition) is 1. The maximum absolute atomic E-state index is 5.65. The first kappa shape index (κ1) is 14.9. The normalized spacial score (nSPS) is 21.8. The molecule has 1 N–H and O–H groups in total. The molecule has 1 aliphatic heterocycles. The number of ether oxygens (including phenoxy) is 1. The van der Waals surface area contributed by atoms with Gasteiger partial charge < -0.3 is 10.1 Å². The van der Waals surface area contributed by atoms with Crippen LogP contribution < -0.4 is 5.32 Å². The molecule has 1 aromatic heterocycles. The van der Waals surface area contributed by atoms with E-state index in [-0.39, 0.29) is 5.41 Å². The van der Waals surface area contributed by atoms with Crippen molar-refractivity contribution in [3.8, 4) is 0 Å². The van der Waals surface area contributed by atoms with Crippen molar-refractivity contribution in [2.24, 2.45) is 0 Å². The third-order valence-corrected chi connectivity index (χ3v) is 5.31. The molecule has 0 bridgehead atoms. The molecule has 2 heterocycles. The Morgan fingerprint density at radius 2 is 2.21 bits per heavy atom. The van der Waals surface area contributed by atoms with Crippen molar-refractivity contribution in [2.45, 2.75) is 65.0 Å². The Labute approximate surface area is 120 Å². The van der Waals surface area contributed by atoms with Crippen LogP contribution in [0.15, 0.2) is 0 Å². The summed E-state index contributed by atoms with van der Waals surface area (Å²) < 4.78 is 5.65. The van der Waals surface area contributed by atoms with Crippen LogP contribution >= 0.6 is 11.3 Å². The molecule has 2 atom stereocenters. The predicted molar refractivity (Wildman–Crippen MR) is 80.9 cm³/mol. The van der Waals surface area contributed by atoms with E-state index in [4.69, 9.17) is 9.72 Å². The average molecular weight is 282 g/mol. The van der Waals surface area contributed by atoms with Crippen LogP contribution in [-0.4, -0.2) is 24.2 Å². The summed E-state index contributed by atoms with van der Waals surface area (Å²) in [6.07, 6.45) is 2.79. The summed E-state index contributed by atoms with van der Waals surface area (Å²) >= 11 is 1.84. The minimum atomic E-state index is 0.141. The van der Waals surface area contributed by atoms with Crippen LogP contribution in [0.5, 0.6) is 0 Å². The molecule has 1 aliphatic rings. The molecular formula is C15H26N2OS. The number of thiazole rings is 1. The van der Waals surface area contributed by atoms with Crippen LogP contribution in [0.2, 0.25) is 0 Å². The third-order valence-electron chi connectivity index (χ3n) is 3.54. The molecule has 19 heavy (non-hydrogen) atoms. The van der Waals surface area contributed by atoms with Crippen molar-refractivity contribution >= 4 is 11.3 Å². The first-order chi connectivity index (χ1) is 8.88. The van der Waals surface area contributed by atoms with E-state index in [2.05, 4.69) is 39.9 Å². The Hall–Kier alpha value is -0.450. The first-order valence-corrected chi connectivity index (χ1v) is 8.02. The Kier molecular flexibility index (Phi) is 4.64. The minimum Gasteiger partial charge on any atom is -0.377 e. The van der Waals surface area contributed by atoms with E-state index in [0.717, 1.165) is 13.2 Å². The smallest absolute Gasteiger partial charge is 0.0985 e. The van der Waals surface area contributed by atoms with E-state index >= 15 is 0 Å². The zero-order valence-corrected chi connectivity index (χ0v) is 13.6. The summed E-state index contributed by atoms with van der Waals surface area (Å²) in [6, 6.07) is 0.359. The Bertz CT molecular complexity index is 416. The zero-order valence-electron chi connectivity index (χ0n) is 12.7. The van der Waals surface area contributed by atoms with Crippen molar-refractivity contribution < 1.29 is 4.74 Å². The fourth-order valence-electron chi connectivity index (χ4n) is 2.34. The highest BCUT2D eigenvalue weighted by Crippen LogP contribution is 2.32. The summed E-state index contributed by atoms with van der Waals surface area (Å²) in [7, 11) is 0. The van der Waals surface area contributed by atoms with Gasteiger partial charge in [0.15, 0.2) is 0 Å². The summed E-state index contributed by atoms with van der Waals surface area (Å²) in [5, 5.41) is 4.82. The second-order valence-electron chi connectivity index (χ2n) is 6.48. The molecule has 4 heteroatoms. The lowest BCUT2D eigenvalue weighted by Crippen LogP contribution is -2.28. The molecule has 0 spiro atoms. The predicted octanol–water partition coefficient (Wildman–Crippen LogP) is 3.58. The van der Waals surface area contributed by atoms with E-state index in [0.29, 0.717) is 12.1 Å². The molecule has 3 nitrogen and oxygen atoms in total. The van der Waals surface area contributed by atoms with Crippen molar-refractivity contribution in [1.29, 1.82) is 0 Å². The SMILES string of the molecule is Cc1nc(C(C)(C)C)sc1C(C)NCC1CCCO1. The molecule has 0 aliphatic carbocycles. The highest BCUT2D eigenvalue weighted by Gasteiger charge is 2.23. The standard InChI is InChI=1S/C15H26N2OS/c1-10(16-9-12-7-6-8-18-12)13-11(2)17-14(19-13)15(3,4)5/h10,12,16H,6-9H2,1-5H3. The zero-order chi connectivity index (χ0) is 14.0. The Balaban J connectivity index is 1.98. The molecule has 1 fully saturated rings. The summed E-state index contributed by atoms with van der Waals surface area (Å²) in [6.45, 7) is 12.9. The van der Waals surface area contributed by atoms with Gasteiger partial charge in [0.25, 0.3) is 0 Å². The summed E-state index contributed by atoms with van der Waals surface area (Å²) in [5.74, 6) is 0. The van der Waals surface area contributed by atoms with Gasteiger partial charge >= 0.3 is 0 Å². The van der Waals surface area contributed by atoms with Gasteiger partial charge in [0.05, 0.1) is 16.8 Å². The number of aromatic nitrogens is 1. The van der Waals surface area contributed by atoms with Crippen LogP contribution in [-0.2, 0) is 10.2 Å². The van der Waals surface area contributed by atoms with Gasteiger partial charge in [-0.3, -0.25) is 0 Å². The van der Waals surface area contributed by atoms with Crippen molar-refractivity contribution in [1.82, 2.24) is 10.3 Å². The maximum atomic E-state index is 5.65. The third kappa shape index (κ3) is 3.77. The van der Waals surface area contributed by atoms with Crippen LogP contribution in [0.1, 0.15) is 62.2 Å². The van der Waals surface area contributed by atoms with Gasteiger partial charge in [0, 0.05) is 29.5 Å². The lowest BCUT2D eigenvalue weighted by molar-refractivity contribution is 0.108. The molecule has 1 aromatic rings. The quantitative estimate of drug-likeness (QED) is 0.916. The number of nitrogens with zero attached hydrogens (tertiary/aromatic N) is 1. The van der Waals surface area contributed by atoms with Crippen LogP contribution in [0.25, 0.3) is 0 Å². The molecule has 0 radical (unpaired) electrons. The molecule has 0 amide bonds. The fraction of sp³-hybridized carbons (Fsp3) is 0.800. The average Bonchev–Trinajstić information content (AvgIpc) is 2.93. The van der Waals surface area contributed by atoms with Crippen molar-refractivity contribution in [3.05, 3.63) is 15.6 Å². The van der Waals surface area contributed by atoms with Gasteiger partial charge in [0.1, 0.15) is 0 Å². The number of hydrogen-bond acceptors (Lipinski definition) is 4.